The van der Waals surface area contributed by atoms with Crippen molar-refractivity contribution in [1.29, 1.82) is 0 Å². The molecule has 0 saturated carbocycles. The van der Waals surface area contributed by atoms with E-state index < -0.39 is 30.3 Å². The van der Waals surface area contributed by atoms with Crippen molar-refractivity contribution in [3.05, 3.63) is 145 Å². The lowest BCUT2D eigenvalue weighted by molar-refractivity contribution is -0.135. The van der Waals surface area contributed by atoms with Crippen molar-refractivity contribution in [3.8, 4) is 11.1 Å². The molecule has 3 aliphatic rings. The quantitative estimate of drug-likeness (QED) is 0.0646. The zero-order valence-electron chi connectivity index (χ0n) is 39.7. The van der Waals surface area contributed by atoms with E-state index in [0.717, 1.165) is 79.8 Å². The Kier molecular flexibility index (Phi) is 12.3. The molecule has 5 aromatic carbocycles. The van der Waals surface area contributed by atoms with Gasteiger partial charge in [-0.15, -0.1) is 0 Å². The molecule has 2 aromatic heterocycles. The van der Waals surface area contributed by atoms with Gasteiger partial charge in [0.25, 0.3) is 5.91 Å². The number of ether oxygens (including phenoxy) is 3. The Labute approximate surface area is 405 Å². The van der Waals surface area contributed by atoms with Crippen molar-refractivity contribution in [2.24, 2.45) is 17.8 Å². The second kappa shape index (κ2) is 18.9. The van der Waals surface area contributed by atoms with Gasteiger partial charge in [0.2, 0.25) is 5.91 Å². The summed E-state index contributed by atoms with van der Waals surface area (Å²) in [5.74, 6) is 1.09. The van der Waals surface area contributed by atoms with Crippen LogP contribution >= 0.6 is 0 Å². The molecule has 10 rings (SSSR count). The molecule has 15 heteroatoms. The Morgan fingerprint density at radius 2 is 1.40 bits per heavy atom. The first-order valence-corrected chi connectivity index (χ1v) is 23.8. The van der Waals surface area contributed by atoms with Crippen LogP contribution < -0.4 is 10.6 Å². The number of benzene rings is 5. The van der Waals surface area contributed by atoms with Crippen molar-refractivity contribution in [1.82, 2.24) is 40.4 Å². The van der Waals surface area contributed by atoms with Crippen LogP contribution in [-0.2, 0) is 23.8 Å². The third kappa shape index (κ3) is 8.49. The van der Waals surface area contributed by atoms with E-state index in [1.54, 1.807) is 17.0 Å². The van der Waals surface area contributed by atoms with Crippen molar-refractivity contribution >= 4 is 67.6 Å². The number of nitrogens with one attached hydrogen (secondary N) is 4. The van der Waals surface area contributed by atoms with E-state index in [4.69, 9.17) is 24.2 Å². The number of aromatic nitrogens is 4. The first-order valence-electron chi connectivity index (χ1n) is 23.8. The molecule has 0 spiro atoms. The molecule has 2 saturated heterocycles. The average Bonchev–Trinajstić information content (AvgIpc) is 4.18. The number of fused-ring (bicyclic) bond motifs is 6. The highest BCUT2D eigenvalue weighted by Gasteiger charge is 2.45. The van der Waals surface area contributed by atoms with Gasteiger partial charge in [-0.3, -0.25) is 9.59 Å². The summed E-state index contributed by atoms with van der Waals surface area (Å²) in [4.78, 5) is 74.2. The molecule has 1 unspecified atom stereocenters. The molecule has 0 bridgehead atoms. The number of carbonyl (C=O) groups is 4. The number of allylic oxidation sites excluding steroid dienone is 1. The average molecular weight is 941 g/mol. The molecule has 4 heterocycles. The van der Waals surface area contributed by atoms with Gasteiger partial charge in [-0.2, -0.15) is 0 Å². The summed E-state index contributed by atoms with van der Waals surface area (Å²) in [6.07, 6.45) is 5.40. The van der Waals surface area contributed by atoms with E-state index in [1.807, 2.05) is 49.1 Å². The first kappa shape index (κ1) is 45.8. The highest BCUT2D eigenvalue weighted by molar-refractivity contribution is 6.07. The van der Waals surface area contributed by atoms with Gasteiger partial charge in [-0.1, -0.05) is 106 Å². The zero-order valence-corrected chi connectivity index (χ0v) is 39.7. The van der Waals surface area contributed by atoms with E-state index in [2.05, 4.69) is 94.4 Å². The molecular weight excluding hydrogens is 885 g/mol. The highest BCUT2D eigenvalue weighted by Crippen LogP contribution is 2.44. The van der Waals surface area contributed by atoms with E-state index in [1.165, 1.54) is 14.2 Å². The second-order valence-corrected chi connectivity index (χ2v) is 18.8. The number of aromatic amines is 2. The predicted octanol–water partition coefficient (Wildman–Crippen LogP) is 9.72. The van der Waals surface area contributed by atoms with Crippen molar-refractivity contribution in [2.75, 3.05) is 33.9 Å². The lowest BCUT2D eigenvalue weighted by Crippen LogP contribution is -2.51. The zero-order chi connectivity index (χ0) is 48.8. The molecule has 4 amide bonds. The fourth-order valence-corrected chi connectivity index (χ4v) is 10.2. The lowest BCUT2D eigenvalue weighted by Gasteiger charge is -2.29. The van der Waals surface area contributed by atoms with Gasteiger partial charge in [0.1, 0.15) is 29.8 Å². The van der Waals surface area contributed by atoms with Gasteiger partial charge in [-0.05, 0) is 82.5 Å². The number of methoxy groups -OCH3 is 2. The summed E-state index contributed by atoms with van der Waals surface area (Å²) in [5.41, 5.74) is 6.63. The fourth-order valence-electron chi connectivity index (χ4n) is 10.2. The molecule has 6 atom stereocenters. The largest absolute Gasteiger partial charge is 0.497 e. The third-order valence-corrected chi connectivity index (χ3v) is 14.1. The summed E-state index contributed by atoms with van der Waals surface area (Å²) in [5, 5.41) is 9.42. The van der Waals surface area contributed by atoms with E-state index >= 15 is 0 Å². The van der Waals surface area contributed by atoms with Crippen LogP contribution in [0.15, 0.2) is 128 Å². The van der Waals surface area contributed by atoms with Gasteiger partial charge >= 0.3 is 12.2 Å². The smallest absolute Gasteiger partial charge is 0.407 e. The third-order valence-electron chi connectivity index (χ3n) is 14.1. The van der Waals surface area contributed by atoms with Crippen LogP contribution in [0, 0.1) is 17.8 Å². The highest BCUT2D eigenvalue weighted by atomic mass is 16.5. The number of likely N-dealkylation sites (tertiary alicyclic amines) is 2. The number of hydrogen-bond acceptors (Lipinski definition) is 9. The molecule has 70 heavy (non-hydrogen) atoms. The number of H-pyrrole nitrogens is 2. The minimum absolute atomic E-state index is 0.130. The minimum Gasteiger partial charge on any atom is -0.497 e. The predicted molar refractivity (Wildman–Crippen MR) is 268 cm³/mol. The Hall–Kier alpha value is -7.94. The Morgan fingerprint density at radius 1 is 0.786 bits per heavy atom. The summed E-state index contributed by atoms with van der Waals surface area (Å²) in [6, 6.07) is 27.3. The number of carbonyl (C=O) groups excluding carboxylic acids is 4. The molecule has 0 radical (unpaired) electrons. The van der Waals surface area contributed by atoms with Crippen LogP contribution in [0.2, 0.25) is 0 Å². The van der Waals surface area contributed by atoms with Crippen LogP contribution in [0.5, 0.6) is 0 Å². The number of amides is 4. The Balaban J connectivity index is 0.940. The maximum absolute atomic E-state index is 14.8. The summed E-state index contributed by atoms with van der Waals surface area (Å²) >= 11 is 0. The standard InChI is InChI=1S/C55H56N8O7/c1-30(2)45(60-54(66)68-5)52(64)62-25-11-16-44(62)50-56-42-23-19-37-26-35(17-21-39(37)47(42)58-50)36-18-22-40-38(27-36)20-24-43-48(40)59-51(57-43)49-31(3)41(32(4)70-29-33-12-10-13-33)28-63(49)53(65)46(61-55(67)69-6)34-14-8-7-9-15-34/h7-10,12,14-15,17-24,26-27,30,33,41,44-46,49H,3-4,11,13,16,25,28-29H2,1-2,5-6H3,(H,56,58)(H,57,59)(H,60,66)(H,61,67)/t33?,41-,44+,45+,46-,49+/m1/s1. The number of rotatable bonds is 13. The molecule has 15 nitrogen and oxygen atoms in total. The SMILES string of the molecule is C=C(OCC1C=CC1)[C@@H]1CN(C(=O)[C@H](NC(=O)OC)c2ccccc2)[C@H](c2nc3c(ccc4cc(-c5ccc6c(ccc7[nH]c([C@@H]8CCCN8C(=O)[C@@H](NC(=O)OC)C(C)C)nc76)c5)ccc43)[nH]2)C1=C. The minimum atomic E-state index is -1.04. The van der Waals surface area contributed by atoms with Gasteiger partial charge in [0, 0.05) is 29.8 Å². The fraction of sp³-hybridized carbons (Fsp3) is 0.309. The summed E-state index contributed by atoms with van der Waals surface area (Å²) in [7, 11) is 2.56. The van der Waals surface area contributed by atoms with Gasteiger partial charge in [-0.25, -0.2) is 19.6 Å². The monoisotopic (exact) mass is 940 g/mol. The van der Waals surface area contributed by atoms with Crippen LogP contribution in [0.4, 0.5) is 9.59 Å². The number of nitrogens with zero attached hydrogens (tertiary/aromatic N) is 4. The Morgan fingerprint density at radius 3 is 2.00 bits per heavy atom. The van der Waals surface area contributed by atoms with Crippen LogP contribution in [-0.4, -0.2) is 93.7 Å². The van der Waals surface area contributed by atoms with Crippen molar-refractivity contribution in [3.63, 3.8) is 0 Å². The normalized spacial score (nSPS) is 19.7. The van der Waals surface area contributed by atoms with E-state index in [9.17, 15) is 19.2 Å². The molecule has 358 valence electrons. The van der Waals surface area contributed by atoms with E-state index in [0.29, 0.717) is 41.8 Å². The Bertz CT molecular complexity index is 3250. The van der Waals surface area contributed by atoms with Gasteiger partial charge < -0.3 is 44.6 Å². The van der Waals surface area contributed by atoms with Crippen molar-refractivity contribution < 1.29 is 33.4 Å². The maximum Gasteiger partial charge on any atom is 0.407 e. The molecule has 1 aliphatic carbocycles. The summed E-state index contributed by atoms with van der Waals surface area (Å²) in [6.45, 7) is 13.9. The molecule has 7 aromatic rings. The summed E-state index contributed by atoms with van der Waals surface area (Å²) < 4.78 is 16.0. The first-order chi connectivity index (χ1) is 33.9. The van der Waals surface area contributed by atoms with Crippen LogP contribution in [0.1, 0.15) is 68.4 Å². The van der Waals surface area contributed by atoms with Crippen molar-refractivity contribution in [2.45, 2.75) is 57.3 Å². The molecular formula is C55H56N8O7. The number of alkyl carbamates (subject to hydrolysis) is 2. The van der Waals surface area contributed by atoms with Gasteiger partial charge in [0.15, 0.2) is 0 Å². The molecule has 4 N–H and O–H groups in total. The topological polar surface area (TPSA) is 184 Å². The van der Waals surface area contributed by atoms with E-state index in [-0.39, 0.29) is 36.2 Å². The molecule has 2 fully saturated rings. The van der Waals surface area contributed by atoms with Crippen LogP contribution in [0.25, 0.3) is 54.7 Å². The lowest BCUT2D eigenvalue weighted by atomic mass is 9.95. The second-order valence-electron chi connectivity index (χ2n) is 18.8. The van der Waals surface area contributed by atoms with Crippen LogP contribution in [0.3, 0.4) is 0 Å². The number of hydrogen-bond donors (Lipinski definition) is 4. The molecule has 2 aliphatic heterocycles. The number of imidazole rings is 2. The van der Waals surface area contributed by atoms with Gasteiger partial charge in [0.05, 0.1) is 60.6 Å². The maximum atomic E-state index is 14.8.